The SMILES string of the molecule is O=C(O)C1CSC(C2CC2)N1C(=O)Nc1ncccn1. The molecule has 2 aliphatic rings. The van der Waals surface area contributed by atoms with Gasteiger partial charge in [0.15, 0.2) is 0 Å². The number of hydrogen-bond acceptors (Lipinski definition) is 5. The number of anilines is 1. The first-order chi connectivity index (χ1) is 9.66. The van der Waals surface area contributed by atoms with Crippen LogP contribution in [0, 0.1) is 5.92 Å². The molecule has 2 unspecified atom stereocenters. The molecule has 1 aromatic heterocycles. The average Bonchev–Trinajstić information content (AvgIpc) is 3.17. The van der Waals surface area contributed by atoms with E-state index in [0.29, 0.717) is 11.7 Å². The highest BCUT2D eigenvalue weighted by molar-refractivity contribution is 8.00. The summed E-state index contributed by atoms with van der Waals surface area (Å²) in [4.78, 5) is 32.9. The van der Waals surface area contributed by atoms with E-state index in [4.69, 9.17) is 0 Å². The van der Waals surface area contributed by atoms with Crippen LogP contribution in [0.3, 0.4) is 0 Å². The summed E-state index contributed by atoms with van der Waals surface area (Å²) in [7, 11) is 0. The van der Waals surface area contributed by atoms with Crippen LogP contribution in [-0.2, 0) is 4.79 Å². The van der Waals surface area contributed by atoms with Crippen LogP contribution in [-0.4, -0.2) is 49.1 Å². The summed E-state index contributed by atoms with van der Waals surface area (Å²) in [5, 5.41) is 11.8. The predicted octanol–water partition coefficient (Wildman–Crippen LogP) is 1.25. The van der Waals surface area contributed by atoms with Crippen molar-refractivity contribution < 1.29 is 14.7 Å². The molecule has 0 aromatic carbocycles. The van der Waals surface area contributed by atoms with Gasteiger partial charge in [-0.15, -0.1) is 11.8 Å². The quantitative estimate of drug-likeness (QED) is 0.871. The highest BCUT2D eigenvalue weighted by atomic mass is 32.2. The Morgan fingerprint density at radius 3 is 2.65 bits per heavy atom. The van der Waals surface area contributed by atoms with Crippen molar-refractivity contribution in [2.45, 2.75) is 24.3 Å². The third kappa shape index (κ3) is 2.55. The zero-order valence-corrected chi connectivity index (χ0v) is 11.4. The van der Waals surface area contributed by atoms with Crippen molar-refractivity contribution in [3.63, 3.8) is 0 Å². The standard InChI is InChI=1S/C12H14N4O3S/c17-10(18)8-6-20-9(7-2-3-7)16(8)12(19)15-11-13-4-1-5-14-11/h1,4-5,7-9H,2-3,6H2,(H,17,18)(H,13,14,15,19). The molecule has 2 heterocycles. The van der Waals surface area contributed by atoms with Gasteiger partial charge in [-0.1, -0.05) is 0 Å². The Hall–Kier alpha value is -1.83. The van der Waals surface area contributed by atoms with E-state index in [0.717, 1.165) is 12.8 Å². The van der Waals surface area contributed by atoms with Gasteiger partial charge in [-0.05, 0) is 24.8 Å². The molecule has 1 saturated carbocycles. The van der Waals surface area contributed by atoms with Crippen molar-refractivity contribution in [2.24, 2.45) is 5.92 Å². The van der Waals surface area contributed by atoms with Gasteiger partial charge >= 0.3 is 12.0 Å². The Balaban J connectivity index is 1.76. The third-order valence-corrected chi connectivity index (χ3v) is 4.83. The Labute approximate surface area is 119 Å². The number of aliphatic carboxylic acids is 1. The largest absolute Gasteiger partial charge is 0.480 e. The Morgan fingerprint density at radius 1 is 1.35 bits per heavy atom. The van der Waals surface area contributed by atoms with Crippen molar-refractivity contribution in [3.8, 4) is 0 Å². The van der Waals surface area contributed by atoms with E-state index in [1.807, 2.05) is 0 Å². The van der Waals surface area contributed by atoms with Gasteiger partial charge in [0.25, 0.3) is 0 Å². The number of rotatable bonds is 3. The number of urea groups is 1. The van der Waals surface area contributed by atoms with Gasteiger partial charge < -0.3 is 5.11 Å². The van der Waals surface area contributed by atoms with Crippen LogP contribution in [0.4, 0.5) is 10.7 Å². The summed E-state index contributed by atoms with van der Waals surface area (Å²) in [5.74, 6) is 0.0594. The number of nitrogens with one attached hydrogen (secondary N) is 1. The summed E-state index contributed by atoms with van der Waals surface area (Å²) in [6.45, 7) is 0. The number of nitrogens with zero attached hydrogens (tertiary/aromatic N) is 3. The van der Waals surface area contributed by atoms with Gasteiger partial charge in [0, 0.05) is 18.1 Å². The molecule has 1 aliphatic carbocycles. The normalized spacial score (nSPS) is 25.5. The third-order valence-electron chi connectivity index (χ3n) is 3.36. The summed E-state index contributed by atoms with van der Waals surface area (Å²) in [6.07, 6.45) is 5.15. The second-order valence-corrected chi connectivity index (χ2v) is 5.97. The molecule has 0 spiro atoms. The van der Waals surface area contributed by atoms with Crippen LogP contribution in [0.2, 0.25) is 0 Å². The molecule has 2 amide bonds. The molecule has 8 heteroatoms. The number of hydrogen-bond donors (Lipinski definition) is 2. The van der Waals surface area contributed by atoms with Gasteiger partial charge in [-0.25, -0.2) is 19.6 Å². The topological polar surface area (TPSA) is 95.4 Å². The number of carboxylic acid groups (broad SMARTS) is 1. The van der Waals surface area contributed by atoms with E-state index in [-0.39, 0.29) is 11.3 Å². The zero-order valence-electron chi connectivity index (χ0n) is 10.6. The van der Waals surface area contributed by atoms with Crippen molar-refractivity contribution in [1.29, 1.82) is 0 Å². The summed E-state index contributed by atoms with van der Waals surface area (Å²) >= 11 is 1.54. The number of carbonyl (C=O) groups is 2. The first-order valence-corrected chi connectivity index (χ1v) is 7.42. The Bertz CT molecular complexity index is 523. The first kappa shape index (κ1) is 13.2. The Morgan fingerprint density at radius 2 is 2.05 bits per heavy atom. The van der Waals surface area contributed by atoms with E-state index in [1.54, 1.807) is 6.07 Å². The number of carboxylic acids is 1. The van der Waals surface area contributed by atoms with Gasteiger partial charge in [0.05, 0.1) is 5.37 Å². The monoisotopic (exact) mass is 294 g/mol. The average molecular weight is 294 g/mol. The van der Waals surface area contributed by atoms with E-state index >= 15 is 0 Å². The van der Waals surface area contributed by atoms with Crippen LogP contribution in [0.5, 0.6) is 0 Å². The second-order valence-electron chi connectivity index (χ2n) is 4.83. The van der Waals surface area contributed by atoms with E-state index < -0.39 is 18.0 Å². The summed E-state index contributed by atoms with van der Waals surface area (Å²) in [6, 6.07) is 0.425. The minimum atomic E-state index is -0.968. The van der Waals surface area contributed by atoms with Crippen LogP contribution in [0.15, 0.2) is 18.5 Å². The summed E-state index contributed by atoms with van der Waals surface area (Å²) in [5.41, 5.74) is 0. The lowest BCUT2D eigenvalue weighted by atomic mass is 10.2. The minimum Gasteiger partial charge on any atom is -0.480 e. The van der Waals surface area contributed by atoms with Crippen LogP contribution >= 0.6 is 11.8 Å². The molecule has 1 aromatic rings. The highest BCUT2D eigenvalue weighted by Gasteiger charge is 2.48. The maximum absolute atomic E-state index is 12.3. The summed E-state index contributed by atoms with van der Waals surface area (Å²) < 4.78 is 0. The van der Waals surface area contributed by atoms with E-state index in [9.17, 15) is 14.7 Å². The van der Waals surface area contributed by atoms with Crippen molar-refractivity contribution >= 4 is 29.7 Å². The molecule has 0 radical (unpaired) electrons. The molecule has 2 N–H and O–H groups in total. The highest BCUT2D eigenvalue weighted by Crippen LogP contribution is 2.45. The lowest BCUT2D eigenvalue weighted by Gasteiger charge is -2.27. The fourth-order valence-electron chi connectivity index (χ4n) is 2.24. The molecular formula is C12H14N4O3S. The van der Waals surface area contributed by atoms with Crippen molar-refractivity contribution in [1.82, 2.24) is 14.9 Å². The second kappa shape index (κ2) is 5.28. The lowest BCUT2D eigenvalue weighted by molar-refractivity contribution is -0.141. The number of thioether (sulfide) groups is 1. The van der Waals surface area contributed by atoms with Crippen LogP contribution in [0.25, 0.3) is 0 Å². The van der Waals surface area contributed by atoms with Crippen molar-refractivity contribution in [2.75, 3.05) is 11.1 Å². The smallest absolute Gasteiger partial charge is 0.327 e. The van der Waals surface area contributed by atoms with Gasteiger partial charge in [-0.2, -0.15) is 0 Å². The van der Waals surface area contributed by atoms with Crippen LogP contribution < -0.4 is 5.32 Å². The molecule has 2 atom stereocenters. The molecule has 1 saturated heterocycles. The molecule has 2 fully saturated rings. The fraction of sp³-hybridized carbons (Fsp3) is 0.500. The predicted molar refractivity (Wildman–Crippen MR) is 73.3 cm³/mol. The molecular weight excluding hydrogens is 280 g/mol. The minimum absolute atomic E-state index is 0.0557. The number of aromatic nitrogens is 2. The van der Waals surface area contributed by atoms with E-state index in [1.165, 1.54) is 29.1 Å². The number of carbonyl (C=O) groups excluding carboxylic acids is 1. The number of amides is 2. The van der Waals surface area contributed by atoms with E-state index in [2.05, 4.69) is 15.3 Å². The fourth-order valence-corrected chi connectivity index (χ4v) is 3.87. The van der Waals surface area contributed by atoms with Crippen LogP contribution in [0.1, 0.15) is 12.8 Å². The molecule has 106 valence electrons. The lowest BCUT2D eigenvalue weighted by Crippen LogP contribution is -2.48. The maximum Gasteiger partial charge on any atom is 0.327 e. The molecule has 7 nitrogen and oxygen atoms in total. The molecule has 3 rings (SSSR count). The first-order valence-electron chi connectivity index (χ1n) is 6.37. The molecule has 1 aliphatic heterocycles. The van der Waals surface area contributed by atoms with Gasteiger partial charge in [-0.3, -0.25) is 10.2 Å². The van der Waals surface area contributed by atoms with Crippen molar-refractivity contribution in [3.05, 3.63) is 18.5 Å². The maximum atomic E-state index is 12.3. The molecule has 20 heavy (non-hydrogen) atoms. The molecule has 0 bridgehead atoms. The van der Waals surface area contributed by atoms with Gasteiger partial charge in [0.2, 0.25) is 5.95 Å². The van der Waals surface area contributed by atoms with Gasteiger partial charge in [0.1, 0.15) is 6.04 Å². The zero-order chi connectivity index (χ0) is 14.1. The Kier molecular flexibility index (Phi) is 3.47.